The van der Waals surface area contributed by atoms with Crippen LogP contribution in [0.5, 0.6) is 0 Å². The molecule has 0 aliphatic carbocycles. The van der Waals surface area contributed by atoms with Gasteiger partial charge in [-0.1, -0.05) is 18.2 Å². The molecule has 0 aliphatic heterocycles. The zero-order chi connectivity index (χ0) is 21.0. The first-order chi connectivity index (χ1) is 13.7. The number of aromatic nitrogens is 1. The van der Waals surface area contributed by atoms with Crippen molar-refractivity contribution < 1.29 is 22.8 Å². The van der Waals surface area contributed by atoms with Gasteiger partial charge in [0.25, 0.3) is 17.4 Å². The van der Waals surface area contributed by atoms with Crippen LogP contribution >= 0.6 is 11.3 Å². The van der Waals surface area contributed by atoms with Crippen LogP contribution in [0.4, 0.5) is 18.9 Å². The number of carbonyl (C=O) groups excluding carboxylic acids is 2. The Morgan fingerprint density at radius 2 is 1.79 bits per heavy atom. The smallest absolute Gasteiger partial charge is 0.347 e. The van der Waals surface area contributed by atoms with E-state index < -0.39 is 28.9 Å². The molecule has 150 valence electrons. The van der Waals surface area contributed by atoms with E-state index in [-0.39, 0.29) is 18.0 Å². The first-order valence-corrected chi connectivity index (χ1v) is 9.14. The van der Waals surface area contributed by atoms with Gasteiger partial charge in [-0.3, -0.25) is 14.4 Å². The molecule has 2 aromatic heterocycles. The van der Waals surface area contributed by atoms with Gasteiger partial charge in [0, 0.05) is 18.3 Å². The van der Waals surface area contributed by atoms with Gasteiger partial charge in [0.1, 0.15) is 5.69 Å². The van der Waals surface area contributed by atoms with Crippen LogP contribution in [0.25, 0.3) is 0 Å². The van der Waals surface area contributed by atoms with E-state index in [0.717, 1.165) is 5.56 Å². The molecule has 0 atom stereocenters. The lowest BCUT2D eigenvalue weighted by atomic mass is 10.1. The Morgan fingerprint density at radius 1 is 1.07 bits per heavy atom. The molecule has 2 amide bonds. The summed E-state index contributed by atoms with van der Waals surface area (Å²) in [4.78, 5) is 38.4. The lowest BCUT2D eigenvalue weighted by molar-refractivity contribution is -0.137. The zero-order valence-electron chi connectivity index (χ0n) is 14.7. The average molecular weight is 421 g/mol. The highest BCUT2D eigenvalue weighted by Crippen LogP contribution is 2.29. The Bertz CT molecular complexity index is 1070. The largest absolute Gasteiger partial charge is 0.417 e. The second-order valence-corrected chi connectivity index (χ2v) is 6.89. The maximum atomic E-state index is 12.8. The summed E-state index contributed by atoms with van der Waals surface area (Å²) in [7, 11) is 0. The van der Waals surface area contributed by atoms with Crippen LogP contribution in [0.3, 0.4) is 0 Å². The van der Waals surface area contributed by atoms with Crippen molar-refractivity contribution in [1.29, 1.82) is 0 Å². The van der Waals surface area contributed by atoms with E-state index in [1.54, 1.807) is 29.6 Å². The minimum absolute atomic E-state index is 0.148. The van der Waals surface area contributed by atoms with Crippen LogP contribution < -0.4 is 16.2 Å². The van der Waals surface area contributed by atoms with Crippen LogP contribution in [0.2, 0.25) is 0 Å². The summed E-state index contributed by atoms with van der Waals surface area (Å²) >= 11 is 1.31. The molecular weight excluding hydrogens is 407 g/mol. The van der Waals surface area contributed by atoms with Crippen LogP contribution in [-0.2, 0) is 12.7 Å². The van der Waals surface area contributed by atoms with E-state index >= 15 is 0 Å². The number of hydrogen-bond acceptors (Lipinski definition) is 4. The second-order valence-electron chi connectivity index (χ2n) is 5.94. The molecule has 3 rings (SSSR count). The molecule has 0 unspecified atom stereocenters. The number of H-pyrrole nitrogens is 1. The molecule has 2 heterocycles. The van der Waals surface area contributed by atoms with E-state index in [4.69, 9.17) is 0 Å². The molecule has 0 saturated heterocycles. The first-order valence-electron chi connectivity index (χ1n) is 8.26. The third-order valence-corrected chi connectivity index (χ3v) is 4.76. The van der Waals surface area contributed by atoms with Gasteiger partial charge in [-0.05, 0) is 35.2 Å². The van der Waals surface area contributed by atoms with Crippen LogP contribution in [0.15, 0.2) is 58.8 Å². The summed E-state index contributed by atoms with van der Waals surface area (Å²) in [6, 6.07) is 10.1. The summed E-state index contributed by atoms with van der Waals surface area (Å²) in [6.45, 7) is 0.242. The fourth-order valence-corrected chi connectivity index (χ4v) is 3.03. The SMILES string of the molecule is O=C(Nc1cc(C(F)(F)F)c[nH]c1=O)c1ccc(CNC(=O)c2cccs2)cc1. The Kier molecular flexibility index (Phi) is 5.83. The van der Waals surface area contributed by atoms with Gasteiger partial charge >= 0.3 is 6.18 Å². The molecule has 0 aliphatic rings. The summed E-state index contributed by atoms with van der Waals surface area (Å²) in [5, 5.41) is 6.70. The molecule has 3 N–H and O–H groups in total. The van der Waals surface area contributed by atoms with Crippen molar-refractivity contribution in [3.05, 3.63) is 86.0 Å². The van der Waals surface area contributed by atoms with Crippen molar-refractivity contribution in [2.45, 2.75) is 12.7 Å². The molecule has 1 aromatic carbocycles. The topological polar surface area (TPSA) is 91.1 Å². The molecule has 0 radical (unpaired) electrons. The first kappa shape index (κ1) is 20.3. The molecule has 6 nitrogen and oxygen atoms in total. The summed E-state index contributed by atoms with van der Waals surface area (Å²) in [6.07, 6.45) is -4.11. The number of thiophene rings is 1. The Balaban J connectivity index is 1.65. The molecule has 0 saturated carbocycles. The molecule has 3 aromatic rings. The third kappa shape index (κ3) is 5.11. The van der Waals surface area contributed by atoms with E-state index in [2.05, 4.69) is 10.6 Å². The maximum Gasteiger partial charge on any atom is 0.417 e. The fraction of sp³-hybridized carbons (Fsp3) is 0.105. The molecule has 0 spiro atoms. The van der Waals surface area contributed by atoms with Crippen LogP contribution in [0, 0.1) is 0 Å². The van der Waals surface area contributed by atoms with Gasteiger partial charge < -0.3 is 15.6 Å². The van der Waals surface area contributed by atoms with Crippen LogP contribution in [0.1, 0.15) is 31.2 Å². The highest BCUT2D eigenvalue weighted by atomic mass is 32.1. The Morgan fingerprint density at radius 3 is 2.41 bits per heavy atom. The average Bonchev–Trinajstić information content (AvgIpc) is 3.22. The normalized spacial score (nSPS) is 11.1. The highest BCUT2D eigenvalue weighted by Gasteiger charge is 2.31. The third-order valence-electron chi connectivity index (χ3n) is 3.89. The fourth-order valence-electron chi connectivity index (χ4n) is 2.39. The number of pyridine rings is 1. The monoisotopic (exact) mass is 421 g/mol. The molecule has 0 bridgehead atoms. The van der Waals surface area contributed by atoms with Gasteiger partial charge in [-0.25, -0.2) is 0 Å². The van der Waals surface area contributed by atoms with E-state index in [9.17, 15) is 27.6 Å². The van der Waals surface area contributed by atoms with Crippen molar-refractivity contribution in [2.24, 2.45) is 0 Å². The Labute approximate surface area is 166 Å². The Hall–Kier alpha value is -3.40. The van der Waals surface area contributed by atoms with Crippen molar-refractivity contribution in [1.82, 2.24) is 10.3 Å². The van der Waals surface area contributed by atoms with Crippen molar-refractivity contribution in [3.63, 3.8) is 0 Å². The van der Waals surface area contributed by atoms with Crippen molar-refractivity contribution in [3.8, 4) is 0 Å². The minimum Gasteiger partial charge on any atom is -0.347 e. The number of rotatable bonds is 5. The summed E-state index contributed by atoms with van der Waals surface area (Å²) < 4.78 is 38.3. The molecule has 29 heavy (non-hydrogen) atoms. The minimum atomic E-state index is -4.65. The zero-order valence-corrected chi connectivity index (χ0v) is 15.5. The van der Waals surface area contributed by atoms with Crippen molar-refractivity contribution in [2.75, 3.05) is 5.32 Å². The van der Waals surface area contributed by atoms with Gasteiger partial charge in [-0.15, -0.1) is 11.3 Å². The second kappa shape index (κ2) is 8.31. The molecule has 10 heteroatoms. The standard InChI is InChI=1S/C19H14F3N3O3S/c20-19(21,22)13-8-14(17(27)24-10-13)25-16(26)12-5-3-11(4-6-12)9-23-18(28)15-2-1-7-29-15/h1-8,10H,9H2,(H,23,28)(H,24,27)(H,25,26). The lowest BCUT2D eigenvalue weighted by Crippen LogP contribution is -2.22. The van der Waals surface area contributed by atoms with Crippen molar-refractivity contribution >= 4 is 28.8 Å². The number of alkyl halides is 3. The van der Waals surface area contributed by atoms with E-state index in [1.165, 1.54) is 23.5 Å². The molecule has 0 fully saturated rings. The number of halogens is 3. The predicted molar refractivity (Wildman–Crippen MR) is 102 cm³/mol. The number of hydrogen-bond donors (Lipinski definition) is 3. The van der Waals surface area contributed by atoms with Crippen LogP contribution in [-0.4, -0.2) is 16.8 Å². The predicted octanol–water partition coefficient (Wildman–Crippen LogP) is 3.64. The maximum absolute atomic E-state index is 12.8. The highest BCUT2D eigenvalue weighted by molar-refractivity contribution is 7.12. The quantitative estimate of drug-likeness (QED) is 0.588. The van der Waals surface area contributed by atoms with Gasteiger partial charge in [-0.2, -0.15) is 13.2 Å². The van der Waals surface area contributed by atoms with Gasteiger partial charge in [0.05, 0.1) is 10.4 Å². The number of nitrogens with one attached hydrogen (secondary N) is 3. The van der Waals surface area contributed by atoms with E-state index in [0.29, 0.717) is 17.1 Å². The van der Waals surface area contributed by atoms with Gasteiger partial charge in [0.15, 0.2) is 0 Å². The molecular formula is C19H14F3N3O3S. The summed E-state index contributed by atoms with van der Waals surface area (Å²) in [5.41, 5.74) is -1.56. The number of benzene rings is 1. The lowest BCUT2D eigenvalue weighted by Gasteiger charge is -2.09. The van der Waals surface area contributed by atoms with E-state index in [1.807, 2.05) is 4.98 Å². The number of anilines is 1. The number of amides is 2. The number of aromatic amines is 1. The number of carbonyl (C=O) groups is 2. The van der Waals surface area contributed by atoms with Gasteiger partial charge in [0.2, 0.25) is 0 Å². The summed E-state index contributed by atoms with van der Waals surface area (Å²) in [5.74, 6) is -0.949.